The van der Waals surface area contributed by atoms with Crippen LogP contribution in [0.2, 0.25) is 0 Å². The maximum Gasteiger partial charge on any atom is 0.191 e. The summed E-state index contributed by atoms with van der Waals surface area (Å²) in [5, 5.41) is 29.5. The van der Waals surface area contributed by atoms with Crippen LogP contribution < -0.4 is 0 Å². The van der Waals surface area contributed by atoms with Crippen LogP contribution in [0.25, 0.3) is 16.6 Å². The van der Waals surface area contributed by atoms with Gasteiger partial charge >= 0.3 is 0 Å². The van der Waals surface area contributed by atoms with E-state index in [-0.39, 0.29) is 17.1 Å². The maximum absolute atomic E-state index is 10.6. The van der Waals surface area contributed by atoms with Gasteiger partial charge in [-0.3, -0.25) is 0 Å². The number of aromatic nitrogens is 5. The first-order valence-electron chi connectivity index (χ1n) is 9.37. The van der Waals surface area contributed by atoms with Gasteiger partial charge in [0, 0.05) is 20.5 Å². The second-order valence-electron chi connectivity index (χ2n) is 6.83. The number of nitrogens with zero attached hydrogens (tertiary/aromatic N) is 6. The summed E-state index contributed by atoms with van der Waals surface area (Å²) in [6.45, 7) is 0. The Morgan fingerprint density at radius 3 is 2.50 bits per heavy atom. The highest BCUT2D eigenvalue weighted by Gasteiger charge is 2.18. The number of imidazole rings is 1. The van der Waals surface area contributed by atoms with Crippen molar-refractivity contribution in [3.8, 4) is 6.07 Å². The zero-order chi connectivity index (χ0) is 21.1. The third-order valence-electron chi connectivity index (χ3n) is 4.88. The number of para-hydroxylation sites is 2. The molecule has 0 aliphatic rings. The number of aliphatic hydroxyl groups is 1. The van der Waals surface area contributed by atoms with Gasteiger partial charge in [-0.15, -0.1) is 10.2 Å². The lowest BCUT2D eigenvalue weighted by Crippen LogP contribution is -2.02. The molecule has 8 heteroatoms. The largest absolute Gasteiger partial charge is 0.510 e. The van der Waals surface area contributed by atoms with Gasteiger partial charge in [-0.2, -0.15) is 5.26 Å². The molecule has 0 amide bonds. The van der Waals surface area contributed by atoms with E-state index in [1.807, 2.05) is 77.8 Å². The van der Waals surface area contributed by atoms with Gasteiger partial charge in [-0.25, -0.2) is 4.98 Å². The second-order valence-corrected chi connectivity index (χ2v) is 7.77. The van der Waals surface area contributed by atoms with E-state index in [0.29, 0.717) is 17.4 Å². The number of thioether (sulfide) groups is 1. The highest BCUT2D eigenvalue weighted by atomic mass is 32.2. The Balaban J connectivity index is 1.54. The summed E-state index contributed by atoms with van der Waals surface area (Å²) in [6.07, 6.45) is 0.677. The van der Waals surface area contributed by atoms with E-state index in [4.69, 9.17) is 0 Å². The van der Waals surface area contributed by atoms with E-state index in [0.717, 1.165) is 22.4 Å². The van der Waals surface area contributed by atoms with Crippen molar-refractivity contribution in [2.45, 2.75) is 11.6 Å². The molecule has 0 aliphatic heterocycles. The Morgan fingerprint density at radius 2 is 1.77 bits per heavy atom. The molecule has 4 aromatic rings. The molecule has 0 spiro atoms. The molecule has 1 N–H and O–H groups in total. The van der Waals surface area contributed by atoms with Gasteiger partial charge in [0.15, 0.2) is 11.0 Å². The van der Waals surface area contributed by atoms with E-state index in [9.17, 15) is 10.4 Å². The van der Waals surface area contributed by atoms with Crippen molar-refractivity contribution in [1.29, 1.82) is 5.26 Å². The van der Waals surface area contributed by atoms with Crippen molar-refractivity contribution in [3.05, 3.63) is 77.6 Å². The number of rotatable bonds is 6. The first kappa shape index (κ1) is 19.7. The average molecular weight is 417 g/mol. The molecule has 7 nitrogen and oxygen atoms in total. The molecule has 150 valence electrons. The standard InChI is InChI=1S/C22H20N6OS/c1-27-18-11-7-6-10-17(18)24-21(27)16(13-23)19(29)14-30-22-26-25-20(28(22)2)12-15-8-4-3-5-9-15/h3-11,29H,12,14H2,1-2H3/b19-16-. The van der Waals surface area contributed by atoms with E-state index < -0.39 is 0 Å². The summed E-state index contributed by atoms with van der Waals surface area (Å²) in [7, 11) is 3.74. The predicted octanol–water partition coefficient (Wildman–Crippen LogP) is 3.88. The molecule has 0 fully saturated rings. The fourth-order valence-corrected chi connectivity index (χ4v) is 4.03. The zero-order valence-electron chi connectivity index (χ0n) is 16.6. The van der Waals surface area contributed by atoms with Crippen molar-refractivity contribution < 1.29 is 5.11 Å². The smallest absolute Gasteiger partial charge is 0.191 e. The number of hydrogen-bond donors (Lipinski definition) is 1. The molecule has 0 unspecified atom stereocenters. The lowest BCUT2D eigenvalue weighted by Gasteiger charge is -2.06. The van der Waals surface area contributed by atoms with Crippen LogP contribution in [0.5, 0.6) is 0 Å². The van der Waals surface area contributed by atoms with Crippen LogP contribution in [0, 0.1) is 11.3 Å². The third kappa shape index (κ3) is 3.80. The minimum Gasteiger partial charge on any atom is -0.510 e. The zero-order valence-corrected chi connectivity index (χ0v) is 17.5. The molecule has 0 saturated heterocycles. The highest BCUT2D eigenvalue weighted by Crippen LogP contribution is 2.25. The van der Waals surface area contributed by atoms with Crippen LogP contribution in [-0.4, -0.2) is 35.2 Å². The quantitative estimate of drug-likeness (QED) is 0.291. The fraction of sp³-hybridized carbons (Fsp3) is 0.182. The second kappa shape index (κ2) is 8.43. The number of aliphatic hydroxyl groups excluding tert-OH is 1. The first-order valence-corrected chi connectivity index (χ1v) is 10.4. The fourth-order valence-electron chi connectivity index (χ4n) is 3.22. The minimum absolute atomic E-state index is 0.0338. The molecule has 0 saturated carbocycles. The summed E-state index contributed by atoms with van der Waals surface area (Å²) in [6, 6.07) is 19.8. The number of allylic oxidation sites excluding steroid dienone is 1. The van der Waals surface area contributed by atoms with Crippen LogP contribution in [0.4, 0.5) is 0 Å². The van der Waals surface area contributed by atoms with Gasteiger partial charge in [0.25, 0.3) is 0 Å². The monoisotopic (exact) mass is 416 g/mol. The van der Waals surface area contributed by atoms with Crippen molar-refractivity contribution in [2.24, 2.45) is 14.1 Å². The average Bonchev–Trinajstić information content (AvgIpc) is 3.28. The Bertz CT molecular complexity index is 1270. The minimum atomic E-state index is -0.0338. The lowest BCUT2D eigenvalue weighted by molar-refractivity contribution is 0.420. The Labute approximate surface area is 178 Å². The summed E-state index contributed by atoms with van der Waals surface area (Å²) >= 11 is 1.33. The Kier molecular flexibility index (Phi) is 5.55. The van der Waals surface area contributed by atoms with Crippen molar-refractivity contribution in [2.75, 3.05) is 5.75 Å². The van der Waals surface area contributed by atoms with Crippen LogP contribution in [0.3, 0.4) is 0 Å². The van der Waals surface area contributed by atoms with Crippen LogP contribution in [0.15, 0.2) is 65.5 Å². The number of fused-ring (bicyclic) bond motifs is 1. The van der Waals surface area contributed by atoms with Gasteiger partial charge in [0.1, 0.15) is 23.2 Å². The Hall–Kier alpha value is -3.57. The van der Waals surface area contributed by atoms with Crippen molar-refractivity contribution in [3.63, 3.8) is 0 Å². The van der Waals surface area contributed by atoms with Crippen LogP contribution in [-0.2, 0) is 20.5 Å². The maximum atomic E-state index is 10.6. The van der Waals surface area contributed by atoms with Gasteiger partial charge in [-0.05, 0) is 17.7 Å². The van der Waals surface area contributed by atoms with E-state index in [1.54, 1.807) is 0 Å². The molecule has 0 bridgehead atoms. The summed E-state index contributed by atoms with van der Waals surface area (Å²) < 4.78 is 3.72. The normalized spacial score (nSPS) is 12.0. The number of aryl methyl sites for hydroxylation is 1. The number of nitriles is 1. The van der Waals surface area contributed by atoms with Crippen molar-refractivity contribution in [1.82, 2.24) is 24.3 Å². The lowest BCUT2D eigenvalue weighted by atomic mass is 10.1. The van der Waals surface area contributed by atoms with Crippen molar-refractivity contribution >= 4 is 28.4 Å². The molecule has 0 atom stereocenters. The molecular formula is C22H20N6OS. The first-order chi connectivity index (χ1) is 14.6. The predicted molar refractivity (Wildman–Crippen MR) is 117 cm³/mol. The molecule has 2 aromatic carbocycles. The Morgan fingerprint density at radius 1 is 1.03 bits per heavy atom. The third-order valence-corrected chi connectivity index (χ3v) is 5.91. The van der Waals surface area contributed by atoms with Gasteiger partial charge in [-0.1, -0.05) is 54.2 Å². The molecule has 2 aromatic heterocycles. The van der Waals surface area contributed by atoms with Gasteiger partial charge in [0.2, 0.25) is 0 Å². The molecule has 2 heterocycles. The topological polar surface area (TPSA) is 92.5 Å². The number of benzene rings is 2. The van der Waals surface area contributed by atoms with Gasteiger partial charge < -0.3 is 14.2 Å². The molecule has 30 heavy (non-hydrogen) atoms. The summed E-state index contributed by atoms with van der Waals surface area (Å²) in [5.41, 5.74) is 3.00. The molecule has 0 aliphatic carbocycles. The van der Waals surface area contributed by atoms with E-state index >= 15 is 0 Å². The van der Waals surface area contributed by atoms with Crippen LogP contribution >= 0.6 is 11.8 Å². The van der Waals surface area contributed by atoms with E-state index in [1.165, 1.54) is 11.8 Å². The molecule has 0 radical (unpaired) electrons. The number of hydrogen-bond acceptors (Lipinski definition) is 6. The molecular weight excluding hydrogens is 396 g/mol. The molecule has 4 rings (SSSR count). The summed E-state index contributed by atoms with van der Waals surface area (Å²) in [5.74, 6) is 1.44. The summed E-state index contributed by atoms with van der Waals surface area (Å²) in [4.78, 5) is 4.51. The highest BCUT2D eigenvalue weighted by molar-refractivity contribution is 7.99. The van der Waals surface area contributed by atoms with E-state index in [2.05, 4.69) is 21.3 Å². The van der Waals surface area contributed by atoms with Gasteiger partial charge in [0.05, 0.1) is 16.8 Å². The van der Waals surface area contributed by atoms with Crippen LogP contribution in [0.1, 0.15) is 17.2 Å². The SMILES string of the molecule is Cn1c(Cc2ccccc2)nnc1SC/C(O)=C(\C#N)c1nc2ccccc2n1C.